The Morgan fingerprint density at radius 3 is 2.52 bits per heavy atom. The number of rotatable bonds is 4. The molecule has 0 saturated heterocycles. The average molecular weight is 478 g/mol. The molecule has 5 rings (SSSR count). The molecule has 168 valence electrons. The monoisotopic (exact) mass is 477 g/mol. The second-order valence-corrected chi connectivity index (χ2v) is 9.64. The lowest BCUT2D eigenvalue weighted by Crippen LogP contribution is -2.40. The van der Waals surface area contributed by atoms with Crippen molar-refractivity contribution in [1.82, 2.24) is 4.90 Å². The summed E-state index contributed by atoms with van der Waals surface area (Å²) >= 11 is 8.16. The highest BCUT2D eigenvalue weighted by Crippen LogP contribution is 2.43. The van der Waals surface area contributed by atoms with E-state index in [4.69, 9.17) is 21.1 Å². The Hall–Kier alpha value is -3.02. The van der Waals surface area contributed by atoms with Gasteiger partial charge in [0.05, 0.1) is 25.3 Å². The number of methoxy groups -OCH3 is 2. The van der Waals surface area contributed by atoms with Gasteiger partial charge < -0.3 is 14.4 Å². The Kier molecular flexibility index (Phi) is 5.77. The first-order valence-corrected chi connectivity index (χ1v) is 12.0. The van der Waals surface area contributed by atoms with Crippen molar-refractivity contribution in [1.29, 1.82) is 0 Å². The molecule has 0 aliphatic carbocycles. The number of nitrogens with zero attached hydrogens (tertiary/aromatic N) is 1. The molecule has 6 heteroatoms. The van der Waals surface area contributed by atoms with Crippen molar-refractivity contribution in [2.45, 2.75) is 19.4 Å². The zero-order valence-corrected chi connectivity index (χ0v) is 20.3. The Balaban J connectivity index is 1.66. The molecule has 1 amide bonds. The van der Waals surface area contributed by atoms with E-state index in [0.717, 1.165) is 38.8 Å². The van der Waals surface area contributed by atoms with E-state index >= 15 is 0 Å². The van der Waals surface area contributed by atoms with Gasteiger partial charge in [0.2, 0.25) is 0 Å². The molecule has 2 heterocycles. The van der Waals surface area contributed by atoms with E-state index in [1.54, 1.807) is 14.2 Å². The molecular weight excluding hydrogens is 454 g/mol. The third kappa shape index (κ3) is 3.75. The first-order valence-electron chi connectivity index (χ1n) is 10.8. The third-order valence-corrected chi connectivity index (χ3v) is 7.88. The van der Waals surface area contributed by atoms with E-state index < -0.39 is 0 Å². The van der Waals surface area contributed by atoms with Crippen molar-refractivity contribution in [2.75, 3.05) is 20.8 Å². The van der Waals surface area contributed by atoms with Crippen molar-refractivity contribution in [2.24, 2.45) is 0 Å². The number of fused-ring (bicyclic) bond motifs is 2. The summed E-state index contributed by atoms with van der Waals surface area (Å²) in [4.78, 5) is 16.5. The lowest BCUT2D eigenvalue weighted by Gasteiger charge is -2.38. The van der Waals surface area contributed by atoms with Gasteiger partial charge in [-0.15, -0.1) is 11.3 Å². The molecule has 33 heavy (non-hydrogen) atoms. The normalized spacial score (nSPS) is 15.4. The minimum atomic E-state index is -0.248. The largest absolute Gasteiger partial charge is 0.493 e. The van der Waals surface area contributed by atoms with E-state index in [1.807, 2.05) is 47.4 Å². The molecule has 1 aromatic heterocycles. The second kappa shape index (κ2) is 8.73. The molecule has 1 atom stereocenters. The van der Waals surface area contributed by atoms with Crippen LogP contribution < -0.4 is 9.47 Å². The fourth-order valence-electron chi connectivity index (χ4n) is 4.65. The molecule has 3 aromatic carbocycles. The van der Waals surface area contributed by atoms with Gasteiger partial charge in [0.1, 0.15) is 4.88 Å². The summed E-state index contributed by atoms with van der Waals surface area (Å²) in [5.74, 6) is 1.31. The van der Waals surface area contributed by atoms with Gasteiger partial charge in [-0.05, 0) is 48.2 Å². The number of benzene rings is 3. The van der Waals surface area contributed by atoms with Gasteiger partial charge in [-0.25, -0.2) is 0 Å². The minimum absolute atomic E-state index is 0.0480. The number of carbonyl (C=O) groups excluding carboxylic acids is 1. The van der Waals surface area contributed by atoms with Gasteiger partial charge in [-0.1, -0.05) is 59.6 Å². The van der Waals surface area contributed by atoms with Gasteiger partial charge in [-0.2, -0.15) is 0 Å². The zero-order valence-electron chi connectivity index (χ0n) is 18.7. The van der Waals surface area contributed by atoms with Gasteiger partial charge >= 0.3 is 0 Å². The van der Waals surface area contributed by atoms with Crippen LogP contribution in [0.25, 0.3) is 10.1 Å². The van der Waals surface area contributed by atoms with Crippen LogP contribution >= 0.6 is 22.9 Å². The highest BCUT2D eigenvalue weighted by molar-refractivity contribution is 7.21. The van der Waals surface area contributed by atoms with Crippen LogP contribution in [-0.2, 0) is 6.42 Å². The fraction of sp³-hybridized carbons (Fsp3) is 0.222. The quantitative estimate of drug-likeness (QED) is 0.329. The maximum absolute atomic E-state index is 13.9. The van der Waals surface area contributed by atoms with Crippen LogP contribution in [0.15, 0.2) is 60.7 Å². The van der Waals surface area contributed by atoms with E-state index in [2.05, 4.69) is 25.1 Å². The summed E-state index contributed by atoms with van der Waals surface area (Å²) in [5.41, 5.74) is 4.42. The van der Waals surface area contributed by atoms with Gasteiger partial charge in [0, 0.05) is 16.6 Å². The average Bonchev–Trinajstić information content (AvgIpc) is 3.18. The lowest BCUT2D eigenvalue weighted by atomic mass is 9.87. The predicted molar refractivity (Wildman–Crippen MR) is 134 cm³/mol. The smallest absolute Gasteiger partial charge is 0.266 e. The van der Waals surface area contributed by atoms with E-state index in [9.17, 15) is 4.79 Å². The molecule has 0 radical (unpaired) electrons. The molecule has 1 aliphatic rings. The Bertz CT molecular complexity index is 1360. The summed E-state index contributed by atoms with van der Waals surface area (Å²) < 4.78 is 12.2. The Morgan fingerprint density at radius 1 is 1.03 bits per heavy atom. The summed E-state index contributed by atoms with van der Waals surface area (Å²) in [6.45, 7) is 2.65. The summed E-state index contributed by atoms with van der Waals surface area (Å²) in [6, 6.07) is 20.0. The zero-order chi connectivity index (χ0) is 23.1. The van der Waals surface area contributed by atoms with Gasteiger partial charge in [0.15, 0.2) is 11.5 Å². The number of hydrogen-bond donors (Lipinski definition) is 0. The maximum atomic E-state index is 13.9. The van der Waals surface area contributed by atoms with Gasteiger partial charge in [0.25, 0.3) is 5.91 Å². The number of amides is 1. The van der Waals surface area contributed by atoms with E-state index in [1.165, 1.54) is 11.3 Å². The summed E-state index contributed by atoms with van der Waals surface area (Å²) in [5, 5.41) is 1.45. The van der Waals surface area contributed by atoms with Gasteiger partial charge in [-0.3, -0.25) is 4.79 Å². The molecule has 0 spiro atoms. The van der Waals surface area contributed by atoms with Crippen molar-refractivity contribution in [3.05, 3.63) is 92.8 Å². The number of ether oxygens (including phenoxy) is 2. The predicted octanol–water partition coefficient (Wildman–Crippen LogP) is 6.67. The molecule has 0 N–H and O–H groups in total. The molecule has 0 fully saturated rings. The van der Waals surface area contributed by atoms with Crippen LogP contribution in [0.2, 0.25) is 5.02 Å². The molecule has 0 saturated carbocycles. The molecule has 0 unspecified atom stereocenters. The summed E-state index contributed by atoms with van der Waals surface area (Å²) in [6.07, 6.45) is 0.728. The first kappa shape index (κ1) is 21.8. The standard InChI is InChI=1S/C27H24ClNO3S/c1-16-7-6-8-18(13-16)25-20-15-22(32-3)21(31-2)14-17(20)11-12-29(25)27(30)26-24(28)19-9-4-5-10-23(19)33-26/h4-10,13-15,25H,11-12H2,1-3H3/t25-/m1/s1. The minimum Gasteiger partial charge on any atom is -0.493 e. The van der Waals surface area contributed by atoms with Crippen LogP contribution in [0.5, 0.6) is 11.5 Å². The number of carbonyl (C=O) groups is 1. The Morgan fingerprint density at radius 2 is 1.79 bits per heavy atom. The molecule has 1 aliphatic heterocycles. The number of thiophene rings is 1. The number of halogens is 1. The van der Waals surface area contributed by atoms with Crippen LogP contribution in [0, 0.1) is 6.92 Å². The van der Waals surface area contributed by atoms with Crippen molar-refractivity contribution in [3.8, 4) is 11.5 Å². The van der Waals surface area contributed by atoms with Crippen molar-refractivity contribution < 1.29 is 14.3 Å². The molecule has 4 aromatic rings. The third-order valence-electron chi connectivity index (χ3n) is 6.22. The lowest BCUT2D eigenvalue weighted by molar-refractivity contribution is 0.0699. The first-order chi connectivity index (χ1) is 16.0. The van der Waals surface area contributed by atoms with Crippen LogP contribution in [-0.4, -0.2) is 31.6 Å². The van der Waals surface area contributed by atoms with Crippen LogP contribution in [0.3, 0.4) is 0 Å². The van der Waals surface area contributed by atoms with Crippen molar-refractivity contribution >= 4 is 38.9 Å². The number of aryl methyl sites for hydroxylation is 1. The molecule has 4 nitrogen and oxygen atoms in total. The van der Waals surface area contributed by atoms with Crippen molar-refractivity contribution in [3.63, 3.8) is 0 Å². The van der Waals surface area contributed by atoms with E-state index in [0.29, 0.717) is 27.9 Å². The fourth-order valence-corrected chi connectivity index (χ4v) is 6.11. The molecular formula is C27H24ClNO3S. The highest BCUT2D eigenvalue weighted by atomic mass is 35.5. The summed E-state index contributed by atoms with van der Waals surface area (Å²) in [7, 11) is 3.28. The highest BCUT2D eigenvalue weighted by Gasteiger charge is 2.35. The molecule has 0 bridgehead atoms. The van der Waals surface area contributed by atoms with Crippen LogP contribution in [0.4, 0.5) is 0 Å². The Labute approximate surface area is 202 Å². The SMILES string of the molecule is COc1cc2c(cc1OC)[C@@H](c1cccc(C)c1)N(C(=O)c1sc3ccccc3c1Cl)CC2. The topological polar surface area (TPSA) is 38.8 Å². The number of hydrogen-bond acceptors (Lipinski definition) is 4. The van der Waals surface area contributed by atoms with Crippen LogP contribution in [0.1, 0.15) is 38.0 Å². The second-order valence-electron chi connectivity index (χ2n) is 8.21. The van der Waals surface area contributed by atoms with E-state index in [-0.39, 0.29) is 11.9 Å². The maximum Gasteiger partial charge on any atom is 0.266 e.